The van der Waals surface area contributed by atoms with Gasteiger partial charge in [-0.05, 0) is 57.0 Å². The Bertz CT molecular complexity index is 1270. The van der Waals surface area contributed by atoms with Gasteiger partial charge in [-0.15, -0.1) is 0 Å². The number of hydrogen-bond donors (Lipinski definition) is 0. The number of ether oxygens (including phenoxy) is 4. The molecule has 9 nitrogen and oxygen atoms in total. The van der Waals surface area contributed by atoms with E-state index in [1.54, 1.807) is 20.8 Å². The summed E-state index contributed by atoms with van der Waals surface area (Å²) in [6, 6.07) is 2.38. The Morgan fingerprint density at radius 2 is 1.48 bits per heavy atom. The van der Waals surface area contributed by atoms with Crippen LogP contribution in [0.3, 0.4) is 0 Å². The summed E-state index contributed by atoms with van der Waals surface area (Å²) in [5.74, 6) is 0.413. The quantitative estimate of drug-likeness (QED) is 0.243. The van der Waals surface area contributed by atoms with E-state index in [1.807, 2.05) is 0 Å². The highest BCUT2D eigenvalue weighted by molar-refractivity contribution is 5.72. The highest BCUT2D eigenvalue weighted by atomic mass is 19.4. The van der Waals surface area contributed by atoms with Gasteiger partial charge < -0.3 is 23.8 Å². The van der Waals surface area contributed by atoms with Crippen LogP contribution in [0.25, 0.3) is 0 Å². The zero-order valence-corrected chi connectivity index (χ0v) is 23.6. The molecular weight excluding hydrogens is 578 g/mol. The third kappa shape index (κ3) is 7.23. The van der Waals surface area contributed by atoms with Gasteiger partial charge in [0.15, 0.2) is 11.5 Å². The first-order valence-corrected chi connectivity index (χ1v) is 12.6. The zero-order chi connectivity index (χ0) is 31.6. The van der Waals surface area contributed by atoms with Gasteiger partial charge in [-0.25, -0.2) is 9.59 Å². The Hall–Kier alpha value is -4.04. The van der Waals surface area contributed by atoms with Crippen molar-refractivity contribution in [1.29, 1.82) is 0 Å². The number of nitrogens with zero attached hydrogens (tertiary/aromatic N) is 2. The van der Waals surface area contributed by atoms with Gasteiger partial charge in [0.25, 0.3) is 0 Å². The molecule has 1 aliphatic rings. The number of amides is 1. The second-order valence-corrected chi connectivity index (χ2v) is 9.71. The summed E-state index contributed by atoms with van der Waals surface area (Å²) in [7, 11) is 3.74. The molecule has 0 saturated carbocycles. The number of carbonyl (C=O) groups excluding carboxylic acids is 2. The summed E-state index contributed by atoms with van der Waals surface area (Å²) in [6.07, 6.45) is -12.7. The van der Waals surface area contributed by atoms with Gasteiger partial charge in [-0.3, -0.25) is 4.90 Å². The summed E-state index contributed by atoms with van der Waals surface area (Å²) in [5, 5.41) is 1.22. The van der Waals surface area contributed by atoms with Gasteiger partial charge in [0, 0.05) is 18.2 Å². The lowest BCUT2D eigenvalue weighted by Gasteiger charge is -2.42. The average molecular weight is 609 g/mol. The summed E-state index contributed by atoms with van der Waals surface area (Å²) < 4.78 is 102. The first-order chi connectivity index (χ1) is 19.5. The second kappa shape index (κ2) is 12.4. The molecule has 42 heavy (non-hydrogen) atoms. The molecule has 0 saturated heterocycles. The van der Waals surface area contributed by atoms with Gasteiger partial charge in [0.2, 0.25) is 0 Å². The van der Waals surface area contributed by atoms with Crippen LogP contribution in [0.15, 0.2) is 30.3 Å². The van der Waals surface area contributed by atoms with Crippen LogP contribution in [0.4, 0.5) is 41.6 Å². The normalized spacial score (nSPS) is 16.9. The monoisotopic (exact) mass is 608 g/mol. The Kier molecular flexibility index (Phi) is 9.63. The molecule has 1 heterocycles. The minimum absolute atomic E-state index is 0.00651. The maximum absolute atomic E-state index is 13.5. The van der Waals surface area contributed by atoms with Crippen LogP contribution < -0.4 is 14.5 Å². The van der Waals surface area contributed by atoms with Crippen molar-refractivity contribution in [1.82, 2.24) is 4.90 Å². The summed E-state index contributed by atoms with van der Waals surface area (Å²) in [4.78, 5) is 31.9. The van der Waals surface area contributed by atoms with Crippen molar-refractivity contribution in [2.24, 2.45) is 0 Å². The molecule has 0 spiro atoms. The van der Waals surface area contributed by atoms with Gasteiger partial charge in [-0.1, -0.05) is 0 Å². The number of methoxy groups -OCH3 is 3. The van der Waals surface area contributed by atoms with E-state index in [0.29, 0.717) is 12.1 Å². The predicted octanol–water partition coefficient (Wildman–Crippen LogP) is 7.13. The molecule has 0 fully saturated rings. The standard InChI is InChI=1S/C27H30F6N2O7/c1-14(2)41-25(37)42-35-15(3)7-20(19-11-22(38-4)23(39-5)12-21(19)35)34(24(36)40-6)13-16-8-17(26(28,29)30)10-18(9-16)27(31,32)33/h8-12,14-15,20H,7,13H2,1-6H3/t15-,20+/m1/s1. The number of carbonyl (C=O) groups is 2. The minimum atomic E-state index is -5.08. The molecule has 0 bridgehead atoms. The van der Waals surface area contributed by atoms with Crippen molar-refractivity contribution < 1.29 is 59.7 Å². The van der Waals surface area contributed by atoms with E-state index >= 15 is 0 Å². The maximum atomic E-state index is 13.5. The Morgan fingerprint density at radius 1 is 0.929 bits per heavy atom. The lowest BCUT2D eigenvalue weighted by molar-refractivity contribution is -0.143. The topological polar surface area (TPSA) is 86.8 Å². The van der Waals surface area contributed by atoms with Crippen LogP contribution in [0.2, 0.25) is 0 Å². The van der Waals surface area contributed by atoms with Gasteiger partial charge >= 0.3 is 24.6 Å². The first-order valence-electron chi connectivity index (χ1n) is 12.6. The van der Waals surface area contributed by atoms with Crippen molar-refractivity contribution in [3.8, 4) is 11.5 Å². The van der Waals surface area contributed by atoms with E-state index in [0.717, 1.165) is 12.0 Å². The fraction of sp³-hybridized carbons (Fsp3) is 0.481. The molecule has 2 atom stereocenters. The number of benzene rings is 2. The molecule has 3 rings (SSSR count). The number of rotatable bonds is 7. The molecule has 2 aromatic rings. The molecule has 1 amide bonds. The number of hydroxylamine groups is 1. The van der Waals surface area contributed by atoms with E-state index in [-0.39, 0.29) is 35.2 Å². The summed E-state index contributed by atoms with van der Waals surface area (Å²) in [5.41, 5.74) is -2.98. The average Bonchev–Trinajstić information content (AvgIpc) is 2.90. The molecule has 0 aliphatic carbocycles. The highest BCUT2D eigenvalue weighted by Gasteiger charge is 2.41. The number of hydrogen-bond acceptors (Lipinski definition) is 8. The number of fused-ring (bicyclic) bond motifs is 1. The Morgan fingerprint density at radius 3 is 1.95 bits per heavy atom. The van der Waals surface area contributed by atoms with Crippen molar-refractivity contribution in [3.63, 3.8) is 0 Å². The Labute approximate surface area is 237 Å². The lowest BCUT2D eigenvalue weighted by atomic mass is 9.91. The molecule has 0 N–H and O–H groups in total. The summed E-state index contributed by atoms with van der Waals surface area (Å²) >= 11 is 0. The highest BCUT2D eigenvalue weighted by Crippen LogP contribution is 2.47. The van der Waals surface area contributed by atoms with Crippen LogP contribution in [-0.2, 0) is 33.2 Å². The van der Waals surface area contributed by atoms with Gasteiger partial charge in [0.1, 0.15) is 0 Å². The second-order valence-electron chi connectivity index (χ2n) is 9.71. The number of anilines is 1. The van der Waals surface area contributed by atoms with E-state index < -0.39 is 66.0 Å². The lowest BCUT2D eigenvalue weighted by Crippen LogP contribution is -2.46. The first kappa shape index (κ1) is 32.5. The van der Waals surface area contributed by atoms with Crippen molar-refractivity contribution in [2.75, 3.05) is 26.4 Å². The molecule has 0 aromatic heterocycles. The van der Waals surface area contributed by atoms with Crippen LogP contribution in [0.5, 0.6) is 11.5 Å². The molecule has 0 radical (unpaired) electrons. The van der Waals surface area contributed by atoms with Crippen molar-refractivity contribution in [2.45, 2.75) is 64.3 Å². The molecule has 232 valence electrons. The number of alkyl halides is 6. The third-order valence-electron chi connectivity index (χ3n) is 6.38. The van der Waals surface area contributed by atoms with Crippen LogP contribution in [-0.4, -0.2) is 50.6 Å². The smallest absolute Gasteiger partial charge is 0.493 e. The largest absolute Gasteiger partial charge is 0.533 e. The van der Waals surface area contributed by atoms with Crippen molar-refractivity contribution in [3.05, 3.63) is 52.6 Å². The maximum Gasteiger partial charge on any atom is 0.533 e. The van der Waals surface area contributed by atoms with E-state index in [4.69, 9.17) is 23.8 Å². The molecule has 15 heteroatoms. The van der Waals surface area contributed by atoms with Crippen LogP contribution in [0, 0.1) is 0 Å². The van der Waals surface area contributed by atoms with Crippen LogP contribution >= 0.6 is 0 Å². The van der Waals surface area contributed by atoms with E-state index in [1.165, 1.54) is 31.4 Å². The molecule has 1 aliphatic heterocycles. The molecule has 2 aromatic carbocycles. The van der Waals surface area contributed by atoms with Gasteiger partial charge in [0.05, 0.1) is 56.3 Å². The summed E-state index contributed by atoms with van der Waals surface area (Å²) in [6.45, 7) is 4.19. The SMILES string of the molecule is COC(=O)N(Cc1cc(C(F)(F)F)cc(C(F)(F)F)c1)[C@H]1C[C@@H](C)N(OC(=O)OC(C)C)c2cc(OC)c(OC)cc21. The minimum Gasteiger partial charge on any atom is -0.493 e. The van der Waals surface area contributed by atoms with E-state index in [9.17, 15) is 35.9 Å². The Balaban J connectivity index is 2.17. The van der Waals surface area contributed by atoms with Crippen molar-refractivity contribution >= 4 is 17.9 Å². The molecule has 0 unspecified atom stereocenters. The molecular formula is C27H30F6N2O7. The van der Waals surface area contributed by atoms with Crippen LogP contribution in [0.1, 0.15) is 55.5 Å². The predicted molar refractivity (Wildman–Crippen MR) is 136 cm³/mol. The number of halogens is 6. The fourth-order valence-corrected chi connectivity index (χ4v) is 4.58. The third-order valence-corrected chi connectivity index (χ3v) is 6.38. The zero-order valence-electron chi connectivity index (χ0n) is 23.6. The fourth-order valence-electron chi connectivity index (χ4n) is 4.58. The van der Waals surface area contributed by atoms with Gasteiger partial charge in [-0.2, -0.15) is 31.4 Å². The van der Waals surface area contributed by atoms with E-state index in [2.05, 4.69) is 0 Å².